The van der Waals surface area contributed by atoms with Crippen LogP contribution in [0.2, 0.25) is 0 Å². The topological polar surface area (TPSA) is 73.6 Å². The van der Waals surface area contributed by atoms with Crippen molar-refractivity contribution >= 4 is 17.3 Å². The zero-order chi connectivity index (χ0) is 15.4. The van der Waals surface area contributed by atoms with E-state index in [1.807, 2.05) is 13.0 Å². The fourth-order valence-electron chi connectivity index (χ4n) is 2.76. The molecular formula is C16H24N2O3. The minimum atomic E-state index is -0.405. The second-order valence-corrected chi connectivity index (χ2v) is 5.63. The summed E-state index contributed by atoms with van der Waals surface area (Å²) in [5, 5.41) is 3.48. The Labute approximate surface area is 125 Å². The average molecular weight is 292 g/mol. The highest BCUT2D eigenvalue weighted by atomic mass is 16.5. The predicted molar refractivity (Wildman–Crippen MR) is 83.6 cm³/mol. The second kappa shape index (κ2) is 6.80. The van der Waals surface area contributed by atoms with Crippen LogP contribution >= 0.6 is 0 Å². The van der Waals surface area contributed by atoms with E-state index in [1.54, 1.807) is 6.07 Å². The quantitative estimate of drug-likeness (QED) is 0.659. The Morgan fingerprint density at radius 3 is 2.71 bits per heavy atom. The lowest BCUT2D eigenvalue weighted by atomic mass is 9.92. The molecular weight excluding hydrogens is 268 g/mol. The molecule has 0 saturated carbocycles. The van der Waals surface area contributed by atoms with Crippen LogP contribution in [0.1, 0.15) is 35.7 Å². The number of hydrogen-bond donors (Lipinski definition) is 2. The first-order chi connectivity index (χ1) is 10.0. The highest BCUT2D eigenvalue weighted by Crippen LogP contribution is 2.26. The first-order valence-corrected chi connectivity index (χ1v) is 7.35. The number of hydrogen-bond acceptors (Lipinski definition) is 5. The molecule has 1 aromatic carbocycles. The maximum atomic E-state index is 11.8. The number of anilines is 2. The van der Waals surface area contributed by atoms with Crippen molar-refractivity contribution in [1.29, 1.82) is 0 Å². The van der Waals surface area contributed by atoms with Gasteiger partial charge >= 0.3 is 5.97 Å². The van der Waals surface area contributed by atoms with Crippen molar-refractivity contribution in [3.63, 3.8) is 0 Å². The lowest BCUT2D eigenvalue weighted by Gasteiger charge is -2.29. The summed E-state index contributed by atoms with van der Waals surface area (Å²) < 4.78 is 10.2. The lowest BCUT2D eigenvalue weighted by Crippen LogP contribution is -2.31. The molecule has 0 amide bonds. The minimum absolute atomic E-state index is 0.322. The Morgan fingerprint density at radius 1 is 1.43 bits per heavy atom. The summed E-state index contributed by atoms with van der Waals surface area (Å²) >= 11 is 0. The average Bonchev–Trinajstić information content (AvgIpc) is 2.50. The molecule has 21 heavy (non-hydrogen) atoms. The summed E-state index contributed by atoms with van der Waals surface area (Å²) in [4.78, 5) is 11.8. The van der Waals surface area contributed by atoms with Crippen LogP contribution in [0.15, 0.2) is 12.1 Å². The Balaban J connectivity index is 2.15. The predicted octanol–water partition coefficient (Wildman–Crippen LogP) is 2.59. The molecule has 1 aliphatic heterocycles. The Hall–Kier alpha value is -1.75. The normalized spacial score (nSPS) is 17.3. The summed E-state index contributed by atoms with van der Waals surface area (Å²) in [6.45, 7) is 5.71. The molecule has 1 aliphatic rings. The Kier molecular flexibility index (Phi) is 5.07. The molecule has 3 N–H and O–H groups in total. The number of ether oxygens (including phenoxy) is 2. The number of esters is 1. The van der Waals surface area contributed by atoms with Crippen LogP contribution < -0.4 is 11.1 Å². The van der Waals surface area contributed by atoms with Crippen LogP contribution in [0.4, 0.5) is 11.4 Å². The van der Waals surface area contributed by atoms with Gasteiger partial charge < -0.3 is 20.5 Å². The van der Waals surface area contributed by atoms with E-state index in [4.69, 9.17) is 15.2 Å². The van der Waals surface area contributed by atoms with Crippen molar-refractivity contribution in [3.8, 4) is 0 Å². The van der Waals surface area contributed by atoms with E-state index in [0.717, 1.165) is 37.3 Å². The molecule has 0 bridgehead atoms. The molecule has 1 fully saturated rings. The van der Waals surface area contributed by atoms with Crippen molar-refractivity contribution in [2.24, 2.45) is 5.92 Å². The van der Waals surface area contributed by atoms with Crippen molar-refractivity contribution < 1.29 is 14.3 Å². The number of nitrogen functional groups attached to an aromatic ring is 1. The van der Waals surface area contributed by atoms with Crippen molar-refractivity contribution in [2.45, 2.75) is 32.7 Å². The summed E-state index contributed by atoms with van der Waals surface area (Å²) in [6.07, 6.45) is 2.12. The maximum absolute atomic E-state index is 11.8. The Morgan fingerprint density at radius 2 is 2.10 bits per heavy atom. The molecule has 5 heteroatoms. The van der Waals surface area contributed by atoms with E-state index >= 15 is 0 Å². The van der Waals surface area contributed by atoms with Gasteiger partial charge in [-0.1, -0.05) is 0 Å². The first-order valence-electron chi connectivity index (χ1n) is 7.35. The number of nitrogens with two attached hydrogens (primary N) is 1. The summed E-state index contributed by atoms with van der Waals surface area (Å²) in [5.74, 6) is 0.177. The number of methoxy groups -OCH3 is 1. The standard InChI is InChI=1S/C16H24N2O3/c1-10-8-13(9-14(15(10)17)16(19)20-3)18-11(2)12-4-6-21-7-5-12/h8-9,11-12,18H,4-7,17H2,1-3H3. The molecule has 1 aromatic rings. The van der Waals surface area contributed by atoms with Gasteiger partial charge in [-0.3, -0.25) is 0 Å². The highest BCUT2D eigenvalue weighted by Gasteiger charge is 2.21. The summed E-state index contributed by atoms with van der Waals surface area (Å²) in [6, 6.07) is 4.06. The smallest absolute Gasteiger partial charge is 0.340 e. The molecule has 116 valence electrons. The lowest BCUT2D eigenvalue weighted by molar-refractivity contribution is 0.0602. The number of carbonyl (C=O) groups excluding carboxylic acids is 1. The van der Waals surface area contributed by atoms with Gasteiger partial charge in [-0.15, -0.1) is 0 Å². The van der Waals surface area contributed by atoms with E-state index in [1.165, 1.54) is 7.11 Å². The molecule has 1 atom stereocenters. The fourth-order valence-corrected chi connectivity index (χ4v) is 2.76. The van der Waals surface area contributed by atoms with Gasteiger partial charge in [0.1, 0.15) is 0 Å². The summed E-state index contributed by atoms with van der Waals surface area (Å²) in [7, 11) is 1.36. The second-order valence-electron chi connectivity index (χ2n) is 5.63. The molecule has 1 unspecified atom stereocenters. The monoisotopic (exact) mass is 292 g/mol. The van der Waals surface area contributed by atoms with Gasteiger partial charge in [-0.05, 0) is 50.3 Å². The largest absolute Gasteiger partial charge is 0.465 e. The molecule has 0 aliphatic carbocycles. The van der Waals surface area contributed by atoms with Crippen LogP contribution in [0.5, 0.6) is 0 Å². The van der Waals surface area contributed by atoms with Gasteiger partial charge in [-0.25, -0.2) is 4.79 Å². The van der Waals surface area contributed by atoms with Crippen molar-refractivity contribution in [2.75, 3.05) is 31.4 Å². The van der Waals surface area contributed by atoms with Gasteiger partial charge in [0.15, 0.2) is 0 Å². The third kappa shape index (κ3) is 3.67. The van der Waals surface area contributed by atoms with E-state index in [2.05, 4.69) is 12.2 Å². The van der Waals surface area contributed by atoms with Gasteiger partial charge in [0.2, 0.25) is 0 Å². The zero-order valence-corrected chi connectivity index (χ0v) is 12.9. The third-order valence-electron chi connectivity index (χ3n) is 4.16. The molecule has 1 saturated heterocycles. The van der Waals surface area contributed by atoms with Crippen molar-refractivity contribution in [1.82, 2.24) is 0 Å². The fraction of sp³-hybridized carbons (Fsp3) is 0.562. The number of benzene rings is 1. The maximum Gasteiger partial charge on any atom is 0.340 e. The first kappa shape index (κ1) is 15.6. The Bertz CT molecular complexity index is 510. The van der Waals surface area contributed by atoms with Crippen molar-refractivity contribution in [3.05, 3.63) is 23.3 Å². The van der Waals surface area contributed by atoms with E-state index in [0.29, 0.717) is 23.2 Å². The van der Waals surface area contributed by atoms with Crippen LogP contribution in [-0.2, 0) is 9.47 Å². The number of aryl methyl sites for hydroxylation is 1. The number of rotatable bonds is 4. The highest BCUT2D eigenvalue weighted by molar-refractivity contribution is 5.97. The van der Waals surface area contributed by atoms with E-state index in [9.17, 15) is 4.79 Å². The van der Waals surface area contributed by atoms with Gasteiger partial charge in [-0.2, -0.15) is 0 Å². The zero-order valence-electron chi connectivity index (χ0n) is 12.9. The molecule has 0 spiro atoms. The number of nitrogens with one attached hydrogen (secondary N) is 1. The van der Waals surface area contributed by atoms with E-state index < -0.39 is 5.97 Å². The van der Waals surface area contributed by atoms with Gasteiger partial charge in [0.05, 0.1) is 12.7 Å². The molecule has 0 aromatic heterocycles. The van der Waals surface area contributed by atoms with E-state index in [-0.39, 0.29) is 0 Å². The molecule has 5 nitrogen and oxygen atoms in total. The van der Waals surface area contributed by atoms with Crippen LogP contribution in [0.25, 0.3) is 0 Å². The number of carbonyl (C=O) groups is 1. The van der Waals surface area contributed by atoms with Gasteiger partial charge in [0.25, 0.3) is 0 Å². The molecule has 1 heterocycles. The van der Waals surface area contributed by atoms with Gasteiger partial charge in [0, 0.05) is 30.6 Å². The third-order valence-corrected chi connectivity index (χ3v) is 4.16. The molecule has 0 radical (unpaired) electrons. The minimum Gasteiger partial charge on any atom is -0.465 e. The van der Waals surface area contributed by atoms with Crippen LogP contribution in [-0.4, -0.2) is 32.3 Å². The SMILES string of the molecule is COC(=O)c1cc(NC(C)C2CCOCC2)cc(C)c1N. The summed E-state index contributed by atoms with van der Waals surface area (Å²) in [5.41, 5.74) is 8.63. The molecule has 2 rings (SSSR count). The van der Waals surface area contributed by atoms with Crippen LogP contribution in [0.3, 0.4) is 0 Å². The van der Waals surface area contributed by atoms with Crippen LogP contribution in [0, 0.1) is 12.8 Å².